The van der Waals surface area contributed by atoms with Crippen LogP contribution in [0.5, 0.6) is 0 Å². The lowest BCUT2D eigenvalue weighted by Gasteiger charge is -2.19. The Bertz CT molecular complexity index is 1070. The number of pyridine rings is 1. The third-order valence-corrected chi connectivity index (χ3v) is 5.55. The first-order chi connectivity index (χ1) is 14.0. The smallest absolute Gasteiger partial charge is 0.326 e. The van der Waals surface area contributed by atoms with Crippen LogP contribution in [-0.4, -0.2) is 28.6 Å². The summed E-state index contributed by atoms with van der Waals surface area (Å²) in [4.78, 5) is 37.7. The minimum absolute atomic E-state index is 0.0647. The third kappa shape index (κ3) is 3.88. The summed E-state index contributed by atoms with van der Waals surface area (Å²) in [6.45, 7) is 1.51. The summed E-state index contributed by atoms with van der Waals surface area (Å²) in [6.07, 6.45) is 3.32. The zero-order valence-corrected chi connectivity index (χ0v) is 16.4. The van der Waals surface area contributed by atoms with Gasteiger partial charge in [0, 0.05) is 16.8 Å². The van der Waals surface area contributed by atoms with Crippen molar-refractivity contribution >= 4 is 33.7 Å². The van der Waals surface area contributed by atoms with Gasteiger partial charge in [0.1, 0.15) is 6.54 Å². The Morgan fingerprint density at radius 1 is 1.03 bits per heavy atom. The Kier molecular flexibility index (Phi) is 5.34. The Morgan fingerprint density at radius 3 is 2.17 bits per heavy atom. The number of rotatable bonds is 5. The minimum atomic E-state index is -0.861. The van der Waals surface area contributed by atoms with Crippen molar-refractivity contribution in [3.63, 3.8) is 0 Å². The van der Waals surface area contributed by atoms with Gasteiger partial charge in [0.25, 0.3) is 5.91 Å². The lowest BCUT2D eigenvalue weighted by atomic mass is 10.1. The fraction of sp³-hybridized carbons (Fsp3) is 0.348. The Labute approximate surface area is 168 Å². The first-order valence-corrected chi connectivity index (χ1v) is 10.0. The van der Waals surface area contributed by atoms with Crippen molar-refractivity contribution in [3.05, 3.63) is 58.8 Å². The highest BCUT2D eigenvalue weighted by Crippen LogP contribution is 2.20. The van der Waals surface area contributed by atoms with Gasteiger partial charge >= 0.3 is 5.97 Å². The number of carbonyl (C=O) groups excluding carboxylic acids is 2. The van der Waals surface area contributed by atoms with Crippen molar-refractivity contribution in [2.45, 2.75) is 51.3 Å². The monoisotopic (exact) mass is 392 g/mol. The van der Waals surface area contributed by atoms with Gasteiger partial charge in [-0.15, -0.1) is 0 Å². The topological polar surface area (TPSA) is 77.4 Å². The van der Waals surface area contributed by atoms with E-state index in [0.717, 1.165) is 25.7 Å². The maximum Gasteiger partial charge on any atom is 0.326 e. The molecule has 0 spiro atoms. The lowest BCUT2D eigenvalue weighted by molar-refractivity contribution is -0.155. The molecule has 6 heteroatoms. The normalized spacial score (nSPS) is 15.5. The molecule has 150 valence electrons. The summed E-state index contributed by atoms with van der Waals surface area (Å²) < 4.78 is 7.18. The molecule has 1 unspecified atom stereocenters. The number of carbonyl (C=O) groups is 2. The molecule has 2 aromatic carbocycles. The van der Waals surface area contributed by atoms with Crippen LogP contribution in [0.2, 0.25) is 0 Å². The summed E-state index contributed by atoms with van der Waals surface area (Å²) in [6, 6.07) is 14.6. The van der Waals surface area contributed by atoms with Crippen LogP contribution in [0.3, 0.4) is 0 Å². The average molecular weight is 392 g/mol. The predicted octanol–water partition coefficient (Wildman–Crippen LogP) is 3.15. The van der Waals surface area contributed by atoms with E-state index in [2.05, 4.69) is 5.32 Å². The maximum atomic E-state index is 12.8. The number of nitrogens with zero attached hydrogens (tertiary/aromatic N) is 1. The van der Waals surface area contributed by atoms with Crippen molar-refractivity contribution < 1.29 is 14.3 Å². The van der Waals surface area contributed by atoms with E-state index in [1.807, 2.05) is 24.3 Å². The molecule has 1 N–H and O–H groups in total. The van der Waals surface area contributed by atoms with Gasteiger partial charge in [0.15, 0.2) is 11.5 Å². The van der Waals surface area contributed by atoms with Gasteiger partial charge in [0.2, 0.25) is 0 Å². The zero-order chi connectivity index (χ0) is 20.4. The number of nitrogens with one attached hydrogen (secondary N) is 1. The summed E-state index contributed by atoms with van der Waals surface area (Å²) in [5.74, 6) is -0.780. The highest BCUT2D eigenvalue weighted by molar-refractivity contribution is 5.94. The molecule has 29 heavy (non-hydrogen) atoms. The molecule has 0 aliphatic heterocycles. The summed E-state index contributed by atoms with van der Waals surface area (Å²) >= 11 is 0. The van der Waals surface area contributed by atoms with Gasteiger partial charge < -0.3 is 14.6 Å². The molecule has 4 rings (SSSR count). The van der Waals surface area contributed by atoms with E-state index in [1.165, 1.54) is 0 Å². The highest BCUT2D eigenvalue weighted by Gasteiger charge is 2.23. The van der Waals surface area contributed by atoms with Crippen molar-refractivity contribution in [1.29, 1.82) is 0 Å². The van der Waals surface area contributed by atoms with Gasteiger partial charge in [-0.1, -0.05) is 37.1 Å². The number of amides is 1. The molecule has 1 atom stereocenters. The average Bonchev–Trinajstić information content (AvgIpc) is 3.24. The second-order valence-corrected chi connectivity index (χ2v) is 7.57. The van der Waals surface area contributed by atoms with Gasteiger partial charge in [-0.25, -0.2) is 0 Å². The third-order valence-electron chi connectivity index (χ3n) is 5.55. The largest absolute Gasteiger partial charge is 0.451 e. The van der Waals surface area contributed by atoms with Gasteiger partial charge in [-0.3, -0.25) is 14.4 Å². The molecule has 1 amide bonds. The van der Waals surface area contributed by atoms with E-state index in [9.17, 15) is 14.4 Å². The van der Waals surface area contributed by atoms with Crippen LogP contribution in [0.25, 0.3) is 21.8 Å². The van der Waals surface area contributed by atoms with Crippen molar-refractivity contribution in [2.75, 3.05) is 0 Å². The van der Waals surface area contributed by atoms with Gasteiger partial charge in [0.05, 0.1) is 11.0 Å². The number of esters is 1. The lowest BCUT2D eigenvalue weighted by Crippen LogP contribution is -2.41. The van der Waals surface area contributed by atoms with Gasteiger partial charge in [-0.05, 0) is 44.0 Å². The van der Waals surface area contributed by atoms with Crippen LogP contribution in [0.15, 0.2) is 53.3 Å². The molecular weight excluding hydrogens is 368 g/mol. The zero-order valence-electron chi connectivity index (χ0n) is 16.4. The number of hydrogen-bond donors (Lipinski definition) is 1. The van der Waals surface area contributed by atoms with Crippen LogP contribution >= 0.6 is 0 Å². The fourth-order valence-electron chi connectivity index (χ4n) is 4.05. The van der Waals surface area contributed by atoms with Gasteiger partial charge in [-0.2, -0.15) is 0 Å². The number of benzene rings is 2. The molecule has 1 aliphatic rings. The second-order valence-electron chi connectivity index (χ2n) is 7.57. The fourth-order valence-corrected chi connectivity index (χ4v) is 4.05. The van der Waals surface area contributed by atoms with E-state index in [1.54, 1.807) is 35.8 Å². The number of ether oxygens (including phenoxy) is 1. The second kappa shape index (κ2) is 8.07. The molecule has 1 saturated carbocycles. The highest BCUT2D eigenvalue weighted by atomic mass is 16.5. The molecule has 1 heterocycles. The molecule has 1 fully saturated rings. The van der Waals surface area contributed by atoms with Crippen LogP contribution in [-0.2, 0) is 20.9 Å². The summed E-state index contributed by atoms with van der Waals surface area (Å²) in [5.41, 5.74) is 1.26. The SMILES string of the molecule is CC(OC(=O)Cn1c2ccccc2c(=O)c2ccccc21)C(=O)NC1CCCC1. The number of hydrogen-bond acceptors (Lipinski definition) is 4. The quantitative estimate of drug-likeness (QED) is 0.535. The molecule has 0 radical (unpaired) electrons. The van der Waals surface area contributed by atoms with Crippen molar-refractivity contribution in [1.82, 2.24) is 9.88 Å². The number of fused-ring (bicyclic) bond motifs is 2. The number of aromatic nitrogens is 1. The molecule has 3 aromatic rings. The minimum Gasteiger partial charge on any atom is -0.451 e. The van der Waals surface area contributed by atoms with Crippen LogP contribution in [0.4, 0.5) is 0 Å². The van der Waals surface area contributed by atoms with E-state index in [-0.39, 0.29) is 23.9 Å². The first-order valence-electron chi connectivity index (χ1n) is 10.0. The maximum absolute atomic E-state index is 12.8. The molecule has 0 bridgehead atoms. The molecule has 0 saturated heterocycles. The summed E-state index contributed by atoms with van der Waals surface area (Å²) in [5, 5.41) is 4.04. The van der Waals surface area contributed by atoms with E-state index in [0.29, 0.717) is 21.8 Å². The predicted molar refractivity (Wildman–Crippen MR) is 112 cm³/mol. The molecule has 1 aromatic heterocycles. The van der Waals surface area contributed by atoms with E-state index >= 15 is 0 Å². The molecule has 1 aliphatic carbocycles. The van der Waals surface area contributed by atoms with Crippen LogP contribution < -0.4 is 10.7 Å². The van der Waals surface area contributed by atoms with Crippen LogP contribution in [0, 0.1) is 0 Å². The van der Waals surface area contributed by atoms with Crippen LogP contribution in [0.1, 0.15) is 32.6 Å². The molecular formula is C23H24N2O4. The van der Waals surface area contributed by atoms with E-state index < -0.39 is 12.1 Å². The Hall–Kier alpha value is -3.15. The molecule has 6 nitrogen and oxygen atoms in total. The Balaban J connectivity index is 1.58. The van der Waals surface area contributed by atoms with E-state index in [4.69, 9.17) is 4.74 Å². The Morgan fingerprint density at radius 2 is 1.59 bits per heavy atom. The van der Waals surface area contributed by atoms with Crippen molar-refractivity contribution in [2.24, 2.45) is 0 Å². The summed E-state index contributed by atoms with van der Waals surface area (Å²) in [7, 11) is 0. The first kappa shape index (κ1) is 19.2. The number of para-hydroxylation sites is 2. The van der Waals surface area contributed by atoms with Crippen molar-refractivity contribution in [3.8, 4) is 0 Å². The standard InChI is InChI=1S/C23H24N2O4/c1-15(23(28)24-16-8-2-3-9-16)29-21(26)14-25-19-12-6-4-10-17(19)22(27)18-11-5-7-13-20(18)25/h4-7,10-13,15-16H,2-3,8-9,14H2,1H3,(H,24,28).